The van der Waals surface area contributed by atoms with E-state index in [0.717, 1.165) is 26.8 Å². The van der Waals surface area contributed by atoms with Gasteiger partial charge in [0.25, 0.3) is 5.91 Å². The molecule has 0 aliphatic rings. The Kier molecular flexibility index (Phi) is 4.29. The van der Waals surface area contributed by atoms with Crippen LogP contribution in [0.15, 0.2) is 48.5 Å². The second-order valence-corrected chi connectivity index (χ2v) is 7.23. The molecule has 2 heterocycles. The topological polar surface area (TPSA) is 84.0 Å². The fourth-order valence-electron chi connectivity index (χ4n) is 2.79. The molecule has 2 N–H and O–H groups in total. The van der Waals surface area contributed by atoms with Gasteiger partial charge in [-0.2, -0.15) is 0 Å². The standard InChI is InChI=1S/C20H16N4O2S/c1-11-3-4-13-5-6-14(9-17(13)21-11)19(26)24-20-23-16-8-7-15(22-12(2)25)10-18(16)27-20/h3-10H,1-2H3,(H,22,25)(H,23,24,26). The highest BCUT2D eigenvalue weighted by molar-refractivity contribution is 7.22. The van der Waals surface area contributed by atoms with E-state index in [9.17, 15) is 9.59 Å². The molecule has 27 heavy (non-hydrogen) atoms. The van der Waals surface area contributed by atoms with Crippen molar-refractivity contribution >= 4 is 55.1 Å². The van der Waals surface area contributed by atoms with Crippen molar-refractivity contribution < 1.29 is 9.59 Å². The van der Waals surface area contributed by atoms with Gasteiger partial charge in [0.05, 0.1) is 15.7 Å². The van der Waals surface area contributed by atoms with Crippen LogP contribution in [0.4, 0.5) is 10.8 Å². The predicted octanol–water partition coefficient (Wildman–Crippen LogP) is 4.36. The van der Waals surface area contributed by atoms with E-state index in [1.807, 2.05) is 37.3 Å². The number of aryl methyl sites for hydroxylation is 1. The Labute approximate surface area is 159 Å². The van der Waals surface area contributed by atoms with Crippen molar-refractivity contribution in [3.63, 3.8) is 0 Å². The van der Waals surface area contributed by atoms with E-state index in [4.69, 9.17) is 0 Å². The number of rotatable bonds is 3. The van der Waals surface area contributed by atoms with Crippen LogP contribution >= 0.6 is 11.3 Å². The molecule has 4 rings (SSSR count). The molecule has 7 heteroatoms. The SMILES string of the molecule is CC(=O)Nc1ccc2nc(NC(=O)c3ccc4ccc(C)nc4c3)sc2c1. The van der Waals surface area contributed by atoms with Gasteiger partial charge in [-0.3, -0.25) is 19.9 Å². The van der Waals surface area contributed by atoms with Crippen LogP contribution in [0.2, 0.25) is 0 Å². The zero-order valence-electron chi connectivity index (χ0n) is 14.7. The van der Waals surface area contributed by atoms with E-state index in [1.165, 1.54) is 18.3 Å². The Morgan fingerprint density at radius 2 is 1.74 bits per heavy atom. The summed E-state index contributed by atoms with van der Waals surface area (Å²) in [5.41, 5.74) is 3.68. The van der Waals surface area contributed by atoms with Gasteiger partial charge in [0.2, 0.25) is 5.91 Å². The summed E-state index contributed by atoms with van der Waals surface area (Å²) < 4.78 is 0.882. The summed E-state index contributed by atoms with van der Waals surface area (Å²) in [6.45, 7) is 3.38. The molecule has 6 nitrogen and oxygen atoms in total. The smallest absolute Gasteiger partial charge is 0.257 e. The van der Waals surface area contributed by atoms with Gasteiger partial charge in [-0.15, -0.1) is 0 Å². The number of benzene rings is 2. The summed E-state index contributed by atoms with van der Waals surface area (Å²) in [6, 6.07) is 14.8. The molecule has 0 fully saturated rings. The third-order valence-electron chi connectivity index (χ3n) is 4.02. The fraction of sp³-hybridized carbons (Fsp3) is 0.100. The maximum absolute atomic E-state index is 12.6. The third kappa shape index (κ3) is 3.63. The van der Waals surface area contributed by atoms with Crippen molar-refractivity contribution in [1.29, 1.82) is 0 Å². The van der Waals surface area contributed by atoms with Gasteiger partial charge < -0.3 is 5.32 Å². The van der Waals surface area contributed by atoms with E-state index in [0.29, 0.717) is 16.4 Å². The van der Waals surface area contributed by atoms with Gasteiger partial charge in [-0.25, -0.2) is 4.98 Å². The molecule has 0 bridgehead atoms. The van der Waals surface area contributed by atoms with Gasteiger partial charge in [-0.05, 0) is 43.3 Å². The van der Waals surface area contributed by atoms with Crippen molar-refractivity contribution in [2.24, 2.45) is 0 Å². The van der Waals surface area contributed by atoms with Crippen LogP contribution in [0.25, 0.3) is 21.1 Å². The zero-order chi connectivity index (χ0) is 19.0. The molecule has 0 atom stereocenters. The van der Waals surface area contributed by atoms with E-state index in [2.05, 4.69) is 20.6 Å². The molecule has 2 aromatic heterocycles. The number of amides is 2. The number of anilines is 2. The van der Waals surface area contributed by atoms with Crippen LogP contribution < -0.4 is 10.6 Å². The Hall–Kier alpha value is -3.32. The number of aromatic nitrogens is 2. The predicted molar refractivity (Wildman–Crippen MR) is 108 cm³/mol. The van der Waals surface area contributed by atoms with Gasteiger partial charge in [-0.1, -0.05) is 23.5 Å². The Bertz CT molecular complexity index is 1200. The van der Waals surface area contributed by atoms with Crippen molar-refractivity contribution in [1.82, 2.24) is 9.97 Å². The summed E-state index contributed by atoms with van der Waals surface area (Å²) in [5.74, 6) is -0.367. The number of carbonyl (C=O) groups is 2. The van der Waals surface area contributed by atoms with Gasteiger partial charge in [0, 0.05) is 29.3 Å². The lowest BCUT2D eigenvalue weighted by Gasteiger charge is -2.04. The summed E-state index contributed by atoms with van der Waals surface area (Å²) in [6.07, 6.45) is 0. The molecule has 4 aromatic rings. The normalized spacial score (nSPS) is 10.9. The van der Waals surface area contributed by atoms with Crippen LogP contribution in [-0.4, -0.2) is 21.8 Å². The molecular weight excluding hydrogens is 360 g/mol. The first-order valence-corrected chi connectivity index (χ1v) is 9.16. The van der Waals surface area contributed by atoms with Crippen molar-refractivity contribution in [2.45, 2.75) is 13.8 Å². The van der Waals surface area contributed by atoms with E-state index in [-0.39, 0.29) is 11.8 Å². The number of nitrogens with zero attached hydrogens (tertiary/aromatic N) is 2. The molecule has 2 amide bonds. The number of fused-ring (bicyclic) bond motifs is 2. The number of hydrogen-bond acceptors (Lipinski definition) is 5. The van der Waals surface area contributed by atoms with Crippen LogP contribution in [0.5, 0.6) is 0 Å². The van der Waals surface area contributed by atoms with Crippen LogP contribution in [0.1, 0.15) is 23.0 Å². The molecule has 0 unspecified atom stereocenters. The second kappa shape index (κ2) is 6.77. The highest BCUT2D eigenvalue weighted by Crippen LogP contribution is 2.29. The average molecular weight is 376 g/mol. The summed E-state index contributed by atoms with van der Waals surface area (Å²) in [4.78, 5) is 32.7. The summed E-state index contributed by atoms with van der Waals surface area (Å²) in [5, 5.41) is 7.08. The first-order valence-electron chi connectivity index (χ1n) is 8.35. The van der Waals surface area contributed by atoms with Gasteiger partial charge in [0.1, 0.15) is 0 Å². The fourth-order valence-corrected chi connectivity index (χ4v) is 3.69. The second-order valence-electron chi connectivity index (χ2n) is 6.20. The van der Waals surface area contributed by atoms with Crippen molar-refractivity contribution in [2.75, 3.05) is 10.6 Å². The van der Waals surface area contributed by atoms with E-state index >= 15 is 0 Å². The Balaban J connectivity index is 1.59. The highest BCUT2D eigenvalue weighted by atomic mass is 32.1. The lowest BCUT2D eigenvalue weighted by molar-refractivity contribution is -0.114. The minimum Gasteiger partial charge on any atom is -0.326 e. The van der Waals surface area contributed by atoms with Gasteiger partial charge >= 0.3 is 0 Å². The monoisotopic (exact) mass is 376 g/mol. The number of nitrogens with one attached hydrogen (secondary N) is 2. The average Bonchev–Trinajstić information content (AvgIpc) is 3.02. The lowest BCUT2D eigenvalue weighted by Crippen LogP contribution is -2.11. The molecule has 0 saturated heterocycles. The minimum atomic E-state index is -0.235. The lowest BCUT2D eigenvalue weighted by atomic mass is 10.1. The molecular formula is C20H16N4O2S. The van der Waals surface area contributed by atoms with Crippen molar-refractivity contribution in [3.8, 4) is 0 Å². The highest BCUT2D eigenvalue weighted by Gasteiger charge is 2.11. The summed E-state index contributed by atoms with van der Waals surface area (Å²) in [7, 11) is 0. The quantitative estimate of drug-likeness (QED) is 0.556. The van der Waals surface area contributed by atoms with E-state index < -0.39 is 0 Å². The Morgan fingerprint density at radius 1 is 0.926 bits per heavy atom. The number of carbonyl (C=O) groups excluding carboxylic acids is 2. The molecule has 0 aliphatic carbocycles. The molecule has 0 spiro atoms. The largest absolute Gasteiger partial charge is 0.326 e. The molecule has 134 valence electrons. The maximum Gasteiger partial charge on any atom is 0.257 e. The maximum atomic E-state index is 12.6. The summed E-state index contributed by atoms with van der Waals surface area (Å²) >= 11 is 1.36. The van der Waals surface area contributed by atoms with Crippen LogP contribution in [0.3, 0.4) is 0 Å². The van der Waals surface area contributed by atoms with E-state index in [1.54, 1.807) is 18.2 Å². The molecule has 0 saturated carbocycles. The molecule has 0 radical (unpaired) electrons. The molecule has 2 aromatic carbocycles. The third-order valence-corrected chi connectivity index (χ3v) is 4.96. The van der Waals surface area contributed by atoms with Crippen LogP contribution in [0, 0.1) is 6.92 Å². The van der Waals surface area contributed by atoms with Gasteiger partial charge in [0.15, 0.2) is 5.13 Å². The van der Waals surface area contributed by atoms with Crippen molar-refractivity contribution in [3.05, 3.63) is 59.8 Å². The molecule has 0 aliphatic heterocycles. The first kappa shape index (κ1) is 17.1. The minimum absolute atomic E-state index is 0.132. The number of hydrogen-bond donors (Lipinski definition) is 2. The number of pyridine rings is 1. The number of thiazole rings is 1. The first-order chi connectivity index (χ1) is 13.0. The van der Waals surface area contributed by atoms with Crippen LogP contribution in [-0.2, 0) is 4.79 Å². The zero-order valence-corrected chi connectivity index (χ0v) is 15.6. The Morgan fingerprint density at radius 3 is 2.56 bits per heavy atom.